The molecule has 4 nitrogen and oxygen atoms in total. The molecule has 2 N–H and O–H groups in total. The van der Waals surface area contributed by atoms with E-state index in [2.05, 4.69) is 10.6 Å². The Morgan fingerprint density at radius 2 is 1.48 bits per heavy atom. The lowest BCUT2D eigenvalue weighted by atomic mass is 10.1. The van der Waals surface area contributed by atoms with E-state index in [1.54, 1.807) is 18.2 Å². The lowest BCUT2D eigenvalue weighted by molar-refractivity contribution is 0.0954. The SMILES string of the molecule is O=C(NCCc1ccccc1F)c1cccc(C(=O)Nc2ccc(F)cc2F)c1. The summed E-state index contributed by atoms with van der Waals surface area (Å²) >= 11 is 0. The molecule has 0 heterocycles. The van der Waals surface area contributed by atoms with E-state index in [1.165, 1.54) is 30.3 Å². The van der Waals surface area contributed by atoms with Gasteiger partial charge < -0.3 is 10.6 Å². The molecular weight excluding hydrogens is 381 g/mol. The fraction of sp³-hybridized carbons (Fsp3) is 0.0909. The van der Waals surface area contributed by atoms with Crippen molar-refractivity contribution >= 4 is 17.5 Å². The van der Waals surface area contributed by atoms with Gasteiger partial charge >= 0.3 is 0 Å². The minimum absolute atomic E-state index is 0.135. The number of halogens is 3. The summed E-state index contributed by atoms with van der Waals surface area (Å²) in [4.78, 5) is 24.6. The lowest BCUT2D eigenvalue weighted by Gasteiger charge is -2.09. The molecule has 148 valence electrons. The molecule has 2 amide bonds. The normalized spacial score (nSPS) is 10.4. The first-order valence-electron chi connectivity index (χ1n) is 8.82. The predicted molar refractivity (Wildman–Crippen MR) is 103 cm³/mol. The van der Waals surface area contributed by atoms with E-state index in [0.717, 1.165) is 12.1 Å². The number of amides is 2. The Hall–Kier alpha value is -3.61. The average Bonchev–Trinajstić information content (AvgIpc) is 2.71. The summed E-state index contributed by atoms with van der Waals surface area (Å²) in [6.07, 6.45) is 0.322. The highest BCUT2D eigenvalue weighted by Gasteiger charge is 2.13. The van der Waals surface area contributed by atoms with Gasteiger partial charge in [-0.2, -0.15) is 0 Å². The largest absolute Gasteiger partial charge is 0.352 e. The zero-order chi connectivity index (χ0) is 20.8. The van der Waals surface area contributed by atoms with Crippen molar-refractivity contribution in [3.63, 3.8) is 0 Å². The van der Waals surface area contributed by atoms with Crippen LogP contribution in [-0.2, 0) is 6.42 Å². The molecule has 0 spiro atoms. The molecular formula is C22H17F3N2O2. The summed E-state index contributed by atoms with van der Waals surface area (Å²) in [7, 11) is 0. The molecule has 7 heteroatoms. The van der Waals surface area contributed by atoms with Crippen LogP contribution in [-0.4, -0.2) is 18.4 Å². The summed E-state index contributed by atoms with van der Waals surface area (Å²) in [6.45, 7) is 0.219. The van der Waals surface area contributed by atoms with Crippen molar-refractivity contribution in [1.82, 2.24) is 5.32 Å². The lowest BCUT2D eigenvalue weighted by Crippen LogP contribution is -2.26. The van der Waals surface area contributed by atoms with Crippen molar-refractivity contribution in [1.29, 1.82) is 0 Å². The van der Waals surface area contributed by atoms with E-state index < -0.39 is 23.4 Å². The minimum atomic E-state index is -0.902. The topological polar surface area (TPSA) is 58.2 Å². The molecule has 0 bridgehead atoms. The molecule has 0 saturated heterocycles. The highest BCUT2D eigenvalue weighted by atomic mass is 19.1. The van der Waals surface area contributed by atoms with E-state index in [-0.39, 0.29) is 29.2 Å². The van der Waals surface area contributed by atoms with E-state index in [0.29, 0.717) is 18.1 Å². The van der Waals surface area contributed by atoms with Crippen molar-refractivity contribution in [3.8, 4) is 0 Å². The molecule has 3 aromatic rings. The first kappa shape index (κ1) is 20.1. The smallest absolute Gasteiger partial charge is 0.255 e. The van der Waals surface area contributed by atoms with Gasteiger partial charge in [-0.3, -0.25) is 9.59 Å². The van der Waals surface area contributed by atoms with E-state index in [9.17, 15) is 22.8 Å². The van der Waals surface area contributed by atoms with Crippen LogP contribution < -0.4 is 10.6 Å². The predicted octanol–water partition coefficient (Wildman–Crippen LogP) is 4.33. The monoisotopic (exact) mass is 398 g/mol. The number of hydrogen-bond donors (Lipinski definition) is 2. The Balaban J connectivity index is 1.63. The van der Waals surface area contributed by atoms with E-state index >= 15 is 0 Å². The highest BCUT2D eigenvalue weighted by molar-refractivity contribution is 6.06. The van der Waals surface area contributed by atoms with Crippen LogP contribution >= 0.6 is 0 Å². The number of carbonyl (C=O) groups excluding carboxylic acids is 2. The maximum absolute atomic E-state index is 13.7. The molecule has 0 saturated carbocycles. The zero-order valence-corrected chi connectivity index (χ0v) is 15.2. The van der Waals surface area contributed by atoms with Gasteiger partial charge in [0.25, 0.3) is 11.8 Å². The van der Waals surface area contributed by atoms with Gasteiger partial charge in [-0.05, 0) is 48.4 Å². The first-order chi connectivity index (χ1) is 13.9. The molecule has 0 aliphatic rings. The second kappa shape index (κ2) is 9.05. The molecule has 0 unspecified atom stereocenters. The fourth-order valence-electron chi connectivity index (χ4n) is 2.70. The Morgan fingerprint density at radius 3 is 2.21 bits per heavy atom. The van der Waals surface area contributed by atoms with Crippen LogP contribution in [0.4, 0.5) is 18.9 Å². The number of nitrogens with one attached hydrogen (secondary N) is 2. The van der Waals surface area contributed by atoms with Crippen LogP contribution in [0.5, 0.6) is 0 Å². The van der Waals surface area contributed by atoms with Crippen LogP contribution in [0.1, 0.15) is 26.3 Å². The second-order valence-electron chi connectivity index (χ2n) is 6.26. The van der Waals surface area contributed by atoms with Gasteiger partial charge in [0.15, 0.2) is 0 Å². The third kappa shape index (κ3) is 5.22. The summed E-state index contributed by atoms with van der Waals surface area (Å²) in [5.41, 5.74) is 0.680. The van der Waals surface area contributed by atoms with E-state index in [1.807, 2.05) is 0 Å². The quantitative estimate of drug-likeness (QED) is 0.649. The average molecular weight is 398 g/mol. The Labute approximate surface area is 165 Å². The van der Waals surface area contributed by atoms with E-state index in [4.69, 9.17) is 0 Å². The molecule has 3 aromatic carbocycles. The van der Waals surface area contributed by atoms with Gasteiger partial charge in [0.1, 0.15) is 17.5 Å². The number of anilines is 1. The number of carbonyl (C=O) groups is 2. The van der Waals surface area contributed by atoms with Crippen LogP contribution in [0.25, 0.3) is 0 Å². The Kier molecular flexibility index (Phi) is 6.29. The van der Waals surface area contributed by atoms with Gasteiger partial charge in [-0.1, -0.05) is 24.3 Å². The van der Waals surface area contributed by atoms with Gasteiger partial charge in [0.05, 0.1) is 5.69 Å². The van der Waals surface area contributed by atoms with Crippen LogP contribution in [0.2, 0.25) is 0 Å². The highest BCUT2D eigenvalue weighted by Crippen LogP contribution is 2.16. The zero-order valence-electron chi connectivity index (χ0n) is 15.2. The third-order valence-electron chi connectivity index (χ3n) is 4.20. The van der Waals surface area contributed by atoms with Gasteiger partial charge in [0, 0.05) is 23.7 Å². The van der Waals surface area contributed by atoms with Crippen LogP contribution in [0.3, 0.4) is 0 Å². The summed E-state index contributed by atoms with van der Waals surface area (Å²) < 4.78 is 40.3. The van der Waals surface area contributed by atoms with Gasteiger partial charge in [-0.15, -0.1) is 0 Å². The minimum Gasteiger partial charge on any atom is -0.352 e. The first-order valence-corrected chi connectivity index (χ1v) is 8.82. The van der Waals surface area contributed by atoms with Crippen LogP contribution in [0.15, 0.2) is 66.7 Å². The number of hydrogen-bond acceptors (Lipinski definition) is 2. The van der Waals surface area contributed by atoms with Crippen molar-refractivity contribution in [2.45, 2.75) is 6.42 Å². The maximum atomic E-state index is 13.7. The number of rotatable bonds is 6. The number of benzene rings is 3. The van der Waals surface area contributed by atoms with Gasteiger partial charge in [-0.25, -0.2) is 13.2 Å². The fourth-order valence-corrected chi connectivity index (χ4v) is 2.70. The Bertz CT molecular complexity index is 1050. The summed E-state index contributed by atoms with van der Waals surface area (Å²) in [5, 5.41) is 5.00. The Morgan fingerprint density at radius 1 is 0.759 bits per heavy atom. The molecule has 3 rings (SSSR count). The molecule has 0 radical (unpaired) electrons. The molecule has 0 aromatic heterocycles. The maximum Gasteiger partial charge on any atom is 0.255 e. The van der Waals surface area contributed by atoms with Crippen molar-refractivity contribution in [2.24, 2.45) is 0 Å². The standard InChI is InChI=1S/C22H17F3N2O2/c23-17-8-9-20(19(25)13-17)27-22(29)16-6-3-5-15(12-16)21(28)26-11-10-14-4-1-2-7-18(14)24/h1-9,12-13H,10-11H2,(H,26,28)(H,27,29). The molecule has 0 aliphatic heterocycles. The van der Waals surface area contributed by atoms with Crippen LogP contribution in [0, 0.1) is 17.5 Å². The third-order valence-corrected chi connectivity index (χ3v) is 4.20. The summed E-state index contributed by atoms with van der Waals surface area (Å²) in [5.74, 6) is -3.07. The molecule has 29 heavy (non-hydrogen) atoms. The van der Waals surface area contributed by atoms with Gasteiger partial charge in [0.2, 0.25) is 0 Å². The molecule has 0 atom stereocenters. The van der Waals surface area contributed by atoms with Crippen molar-refractivity contribution in [3.05, 3.63) is 101 Å². The molecule has 0 fully saturated rings. The summed E-state index contributed by atoms with van der Waals surface area (Å²) in [6, 6.07) is 15.0. The molecule has 0 aliphatic carbocycles. The second-order valence-corrected chi connectivity index (χ2v) is 6.26. The van der Waals surface area contributed by atoms with Crippen molar-refractivity contribution in [2.75, 3.05) is 11.9 Å². The van der Waals surface area contributed by atoms with Crippen molar-refractivity contribution < 1.29 is 22.8 Å².